The number of carbonyl (C=O) groups is 1. The van der Waals surface area contributed by atoms with Crippen LogP contribution in [0.4, 0.5) is 11.8 Å². The Bertz CT molecular complexity index is 853. The van der Waals surface area contributed by atoms with Gasteiger partial charge < -0.3 is 15.5 Å². The van der Waals surface area contributed by atoms with Gasteiger partial charge >= 0.3 is 0 Å². The number of hydrogen-bond donors (Lipinski definition) is 1. The van der Waals surface area contributed by atoms with Crippen LogP contribution in [0, 0.1) is 0 Å². The molecule has 1 saturated heterocycles. The van der Waals surface area contributed by atoms with Crippen LogP contribution in [0.5, 0.6) is 0 Å². The summed E-state index contributed by atoms with van der Waals surface area (Å²) in [5.74, 6) is 1.37. The van der Waals surface area contributed by atoms with Gasteiger partial charge in [0.25, 0.3) is 0 Å². The Morgan fingerprint density at radius 1 is 1.17 bits per heavy atom. The van der Waals surface area contributed by atoms with Crippen molar-refractivity contribution in [3.8, 4) is 0 Å². The minimum atomic E-state index is 0.191. The molecular weight excluding hydrogens is 342 g/mol. The maximum atomic E-state index is 12.4. The second kappa shape index (κ2) is 6.37. The van der Waals surface area contributed by atoms with Crippen LogP contribution in [-0.2, 0) is 11.2 Å². The summed E-state index contributed by atoms with van der Waals surface area (Å²) < 4.78 is 0. The number of nitrogens with two attached hydrogens (primary N) is 1. The second-order valence-corrected chi connectivity index (χ2v) is 7.40. The van der Waals surface area contributed by atoms with Crippen molar-refractivity contribution in [2.45, 2.75) is 6.42 Å². The molecule has 24 heavy (non-hydrogen) atoms. The smallest absolute Gasteiger partial charge is 0.227 e. The van der Waals surface area contributed by atoms with E-state index in [2.05, 4.69) is 14.9 Å². The quantitative estimate of drug-likeness (QED) is 0.776. The zero-order valence-electron chi connectivity index (χ0n) is 13.0. The molecule has 0 bridgehead atoms. The van der Waals surface area contributed by atoms with Crippen LogP contribution in [0.25, 0.3) is 10.2 Å². The molecule has 2 N–H and O–H groups in total. The zero-order valence-corrected chi connectivity index (χ0v) is 14.6. The van der Waals surface area contributed by atoms with Crippen LogP contribution >= 0.6 is 22.7 Å². The molecule has 6 nitrogen and oxygen atoms in total. The van der Waals surface area contributed by atoms with Crippen LogP contribution in [0.3, 0.4) is 0 Å². The van der Waals surface area contributed by atoms with Gasteiger partial charge in [-0.25, -0.2) is 4.98 Å². The average molecular weight is 359 g/mol. The van der Waals surface area contributed by atoms with Crippen molar-refractivity contribution < 1.29 is 4.79 Å². The number of aromatic nitrogens is 2. The minimum Gasteiger partial charge on any atom is -0.368 e. The fourth-order valence-electron chi connectivity index (χ4n) is 2.94. The van der Waals surface area contributed by atoms with Gasteiger partial charge in [0.05, 0.1) is 11.8 Å². The summed E-state index contributed by atoms with van der Waals surface area (Å²) in [4.78, 5) is 26.1. The molecule has 0 aromatic carbocycles. The van der Waals surface area contributed by atoms with Crippen LogP contribution < -0.4 is 10.6 Å². The van der Waals surface area contributed by atoms with Crippen molar-refractivity contribution in [1.82, 2.24) is 14.9 Å². The predicted molar refractivity (Wildman–Crippen MR) is 98.6 cm³/mol. The van der Waals surface area contributed by atoms with E-state index in [1.54, 1.807) is 22.7 Å². The van der Waals surface area contributed by atoms with Crippen molar-refractivity contribution in [2.75, 3.05) is 36.8 Å². The van der Waals surface area contributed by atoms with Gasteiger partial charge in [-0.2, -0.15) is 16.3 Å². The monoisotopic (exact) mass is 359 g/mol. The summed E-state index contributed by atoms with van der Waals surface area (Å²) in [6.07, 6.45) is 0.485. The number of nitrogen functional groups attached to an aromatic ring is 1. The van der Waals surface area contributed by atoms with Gasteiger partial charge in [0.2, 0.25) is 11.9 Å². The molecule has 0 atom stereocenters. The molecule has 0 unspecified atom stereocenters. The fraction of sp³-hybridized carbons (Fsp3) is 0.312. The molecule has 124 valence electrons. The van der Waals surface area contributed by atoms with Gasteiger partial charge in [0, 0.05) is 26.2 Å². The Hall–Kier alpha value is -2.19. The molecule has 1 fully saturated rings. The van der Waals surface area contributed by atoms with Gasteiger partial charge in [0.1, 0.15) is 10.6 Å². The molecule has 0 saturated carbocycles. The van der Waals surface area contributed by atoms with Crippen LogP contribution in [0.15, 0.2) is 28.3 Å². The highest BCUT2D eigenvalue weighted by molar-refractivity contribution is 7.16. The van der Waals surface area contributed by atoms with Gasteiger partial charge in [-0.05, 0) is 33.8 Å². The highest BCUT2D eigenvalue weighted by Gasteiger charge is 2.23. The fourth-order valence-corrected chi connectivity index (χ4v) is 4.38. The van der Waals surface area contributed by atoms with Crippen molar-refractivity contribution in [3.05, 3.63) is 33.8 Å². The van der Waals surface area contributed by atoms with Gasteiger partial charge in [0.15, 0.2) is 0 Å². The van der Waals surface area contributed by atoms with E-state index in [0.29, 0.717) is 25.5 Å². The maximum absolute atomic E-state index is 12.4. The van der Waals surface area contributed by atoms with E-state index in [1.165, 1.54) is 0 Å². The van der Waals surface area contributed by atoms with Gasteiger partial charge in [-0.3, -0.25) is 4.79 Å². The molecule has 0 aliphatic carbocycles. The molecule has 8 heteroatoms. The van der Waals surface area contributed by atoms with E-state index in [1.807, 2.05) is 33.2 Å². The first-order valence-corrected chi connectivity index (χ1v) is 9.57. The lowest BCUT2D eigenvalue weighted by molar-refractivity contribution is -0.130. The Labute approximate surface area is 147 Å². The third-order valence-corrected chi connectivity index (χ3v) is 5.73. The first kappa shape index (κ1) is 15.3. The lowest BCUT2D eigenvalue weighted by atomic mass is 10.2. The van der Waals surface area contributed by atoms with Crippen molar-refractivity contribution in [1.29, 1.82) is 0 Å². The molecule has 0 spiro atoms. The van der Waals surface area contributed by atoms with Crippen molar-refractivity contribution in [3.63, 3.8) is 0 Å². The third kappa shape index (κ3) is 2.94. The van der Waals surface area contributed by atoms with E-state index in [-0.39, 0.29) is 5.91 Å². The molecule has 1 aliphatic heterocycles. The predicted octanol–water partition coefficient (Wildman–Crippen LogP) is 2.23. The Morgan fingerprint density at radius 3 is 2.75 bits per heavy atom. The van der Waals surface area contributed by atoms with Crippen molar-refractivity contribution in [2.24, 2.45) is 0 Å². The first-order valence-electron chi connectivity index (χ1n) is 7.75. The van der Waals surface area contributed by atoms with E-state index < -0.39 is 0 Å². The standard InChI is InChI=1S/C16H17N5OS2/c17-16-18-14(12-2-8-24-15(12)19-16)21-5-3-20(4-6-21)13(22)9-11-1-7-23-10-11/h1-2,7-8,10H,3-6,9H2,(H2,17,18,19). The highest BCUT2D eigenvalue weighted by atomic mass is 32.1. The number of hydrogen-bond acceptors (Lipinski definition) is 7. The number of carbonyl (C=O) groups excluding carboxylic acids is 1. The first-order chi connectivity index (χ1) is 11.7. The number of thiophene rings is 2. The lowest BCUT2D eigenvalue weighted by Crippen LogP contribution is -2.49. The molecule has 0 radical (unpaired) electrons. The maximum Gasteiger partial charge on any atom is 0.227 e. The lowest BCUT2D eigenvalue weighted by Gasteiger charge is -2.35. The average Bonchev–Trinajstić information content (AvgIpc) is 3.25. The molecule has 3 aromatic rings. The summed E-state index contributed by atoms with van der Waals surface area (Å²) in [5.41, 5.74) is 6.93. The molecule has 1 aliphatic rings. The summed E-state index contributed by atoms with van der Waals surface area (Å²) in [6.45, 7) is 2.94. The third-order valence-electron chi connectivity index (χ3n) is 4.19. The normalized spacial score (nSPS) is 15.2. The van der Waals surface area contributed by atoms with Gasteiger partial charge in [-0.1, -0.05) is 0 Å². The van der Waals surface area contributed by atoms with Gasteiger partial charge in [-0.15, -0.1) is 11.3 Å². The molecule has 3 aromatic heterocycles. The van der Waals surface area contributed by atoms with E-state index in [9.17, 15) is 4.79 Å². The number of anilines is 2. The number of amides is 1. The van der Waals surface area contributed by atoms with Crippen molar-refractivity contribution >= 4 is 50.6 Å². The van der Waals surface area contributed by atoms with E-state index >= 15 is 0 Å². The highest BCUT2D eigenvalue weighted by Crippen LogP contribution is 2.29. The Kier molecular flexibility index (Phi) is 4.07. The topological polar surface area (TPSA) is 75.3 Å². The van der Waals surface area contributed by atoms with E-state index in [0.717, 1.165) is 34.7 Å². The van der Waals surface area contributed by atoms with Crippen LogP contribution in [-0.4, -0.2) is 47.0 Å². The minimum absolute atomic E-state index is 0.191. The van der Waals surface area contributed by atoms with Crippen LogP contribution in [0.2, 0.25) is 0 Å². The number of nitrogens with zero attached hydrogens (tertiary/aromatic N) is 4. The molecule has 1 amide bonds. The number of fused-ring (bicyclic) bond motifs is 1. The molecular formula is C16H17N5OS2. The Morgan fingerprint density at radius 2 is 2.00 bits per heavy atom. The molecule has 4 rings (SSSR count). The second-order valence-electron chi connectivity index (χ2n) is 5.72. The number of rotatable bonds is 3. The SMILES string of the molecule is Nc1nc(N2CCN(C(=O)Cc3ccsc3)CC2)c2ccsc2n1. The zero-order chi connectivity index (χ0) is 16.5. The summed E-state index contributed by atoms with van der Waals surface area (Å²) in [5, 5.41) is 7.08. The van der Waals surface area contributed by atoms with Crippen LogP contribution in [0.1, 0.15) is 5.56 Å². The summed E-state index contributed by atoms with van der Waals surface area (Å²) in [6, 6.07) is 4.04. The number of piperazine rings is 1. The largest absolute Gasteiger partial charge is 0.368 e. The summed E-state index contributed by atoms with van der Waals surface area (Å²) >= 11 is 3.19. The molecule has 4 heterocycles. The summed E-state index contributed by atoms with van der Waals surface area (Å²) in [7, 11) is 0. The van der Waals surface area contributed by atoms with E-state index in [4.69, 9.17) is 5.73 Å². The Balaban J connectivity index is 1.45.